The SMILES string of the molecule is C=C[C@@H]1OC(C)(C)OC1[C@@H](C=C)N=O. The van der Waals surface area contributed by atoms with Crippen molar-refractivity contribution in [3.8, 4) is 0 Å². The molecule has 0 radical (unpaired) electrons. The van der Waals surface area contributed by atoms with E-state index in [4.69, 9.17) is 9.47 Å². The first-order valence-corrected chi connectivity index (χ1v) is 4.47. The highest BCUT2D eigenvalue weighted by Gasteiger charge is 2.43. The second-order valence-electron chi connectivity index (χ2n) is 3.63. The summed E-state index contributed by atoms with van der Waals surface area (Å²) in [6.07, 6.45) is 2.34. The number of hydrogen-bond donors (Lipinski definition) is 0. The average Bonchev–Trinajstić information content (AvgIpc) is 2.44. The van der Waals surface area contributed by atoms with E-state index in [-0.39, 0.29) is 6.10 Å². The van der Waals surface area contributed by atoms with Crippen molar-refractivity contribution in [1.82, 2.24) is 0 Å². The predicted molar refractivity (Wildman–Crippen MR) is 53.8 cm³/mol. The van der Waals surface area contributed by atoms with Crippen LogP contribution in [0.25, 0.3) is 0 Å². The number of nitrogens with zero attached hydrogens (tertiary/aromatic N) is 1. The lowest BCUT2D eigenvalue weighted by Crippen LogP contribution is -2.31. The molecule has 3 atom stereocenters. The third-order valence-electron chi connectivity index (χ3n) is 2.10. The van der Waals surface area contributed by atoms with Gasteiger partial charge in [0.15, 0.2) is 5.79 Å². The quantitative estimate of drug-likeness (QED) is 0.511. The highest BCUT2D eigenvalue weighted by molar-refractivity contribution is 5.04. The molecule has 0 aromatic carbocycles. The van der Waals surface area contributed by atoms with Crippen LogP contribution < -0.4 is 0 Å². The molecule has 0 aromatic rings. The fraction of sp³-hybridized carbons (Fsp3) is 0.600. The molecule has 0 N–H and O–H groups in total. The van der Waals surface area contributed by atoms with Gasteiger partial charge in [0.1, 0.15) is 18.2 Å². The lowest BCUT2D eigenvalue weighted by Gasteiger charge is -2.17. The second kappa shape index (κ2) is 4.02. The first kappa shape index (κ1) is 11.1. The molecule has 1 unspecified atom stereocenters. The van der Waals surface area contributed by atoms with Gasteiger partial charge in [-0.25, -0.2) is 0 Å². The number of ether oxygens (including phenoxy) is 2. The molecule has 14 heavy (non-hydrogen) atoms. The van der Waals surface area contributed by atoms with Gasteiger partial charge < -0.3 is 9.47 Å². The smallest absolute Gasteiger partial charge is 0.164 e. The molecule has 0 amide bonds. The van der Waals surface area contributed by atoms with Gasteiger partial charge in [-0.15, -0.1) is 13.2 Å². The van der Waals surface area contributed by atoms with Gasteiger partial charge in [0.05, 0.1) is 0 Å². The molecular formula is C10H15NO3. The van der Waals surface area contributed by atoms with Crippen molar-refractivity contribution in [2.75, 3.05) is 0 Å². The Hall–Kier alpha value is -1.00. The molecule has 0 aliphatic carbocycles. The molecule has 1 aliphatic rings. The summed E-state index contributed by atoms with van der Waals surface area (Å²) in [6, 6.07) is -0.597. The first-order chi connectivity index (χ1) is 6.54. The Morgan fingerprint density at radius 2 is 2.07 bits per heavy atom. The van der Waals surface area contributed by atoms with E-state index in [1.807, 2.05) is 0 Å². The van der Waals surface area contributed by atoms with Crippen LogP contribution in [-0.2, 0) is 9.47 Å². The Kier molecular flexibility index (Phi) is 3.18. The van der Waals surface area contributed by atoms with Crippen molar-refractivity contribution in [1.29, 1.82) is 0 Å². The minimum atomic E-state index is -0.699. The number of nitroso groups, excluding NO2 is 1. The van der Waals surface area contributed by atoms with E-state index < -0.39 is 17.9 Å². The van der Waals surface area contributed by atoms with Gasteiger partial charge in [-0.3, -0.25) is 0 Å². The highest BCUT2D eigenvalue weighted by atomic mass is 16.8. The molecule has 78 valence electrons. The summed E-state index contributed by atoms with van der Waals surface area (Å²) < 4.78 is 11.0. The Morgan fingerprint density at radius 3 is 2.50 bits per heavy atom. The van der Waals surface area contributed by atoms with Crippen molar-refractivity contribution in [2.24, 2.45) is 5.18 Å². The maximum absolute atomic E-state index is 10.5. The van der Waals surface area contributed by atoms with E-state index in [2.05, 4.69) is 18.3 Å². The fourth-order valence-electron chi connectivity index (χ4n) is 1.50. The minimum Gasteiger partial charge on any atom is -0.341 e. The van der Waals surface area contributed by atoms with E-state index >= 15 is 0 Å². The van der Waals surface area contributed by atoms with Crippen molar-refractivity contribution < 1.29 is 9.47 Å². The van der Waals surface area contributed by atoms with Gasteiger partial charge in [-0.1, -0.05) is 17.3 Å². The third-order valence-corrected chi connectivity index (χ3v) is 2.10. The van der Waals surface area contributed by atoms with Crippen LogP contribution >= 0.6 is 0 Å². The second-order valence-corrected chi connectivity index (χ2v) is 3.63. The number of rotatable bonds is 4. The zero-order valence-electron chi connectivity index (χ0n) is 8.47. The summed E-state index contributed by atoms with van der Waals surface area (Å²) in [7, 11) is 0. The van der Waals surface area contributed by atoms with E-state index in [1.165, 1.54) is 6.08 Å². The lowest BCUT2D eigenvalue weighted by molar-refractivity contribution is -0.143. The first-order valence-electron chi connectivity index (χ1n) is 4.47. The minimum absolute atomic E-state index is 0.314. The summed E-state index contributed by atoms with van der Waals surface area (Å²) in [5.74, 6) is -0.699. The topological polar surface area (TPSA) is 47.9 Å². The standard InChI is InChI=1S/C10H15NO3/c1-5-7(11-12)9-8(6-2)13-10(3,4)14-9/h5-9H,1-2H2,3-4H3/t7-,8+,9?/m1/s1. The lowest BCUT2D eigenvalue weighted by atomic mass is 10.1. The summed E-state index contributed by atoms with van der Waals surface area (Å²) in [4.78, 5) is 10.5. The van der Waals surface area contributed by atoms with Crippen LogP contribution in [-0.4, -0.2) is 24.0 Å². The highest BCUT2D eigenvalue weighted by Crippen LogP contribution is 2.31. The van der Waals surface area contributed by atoms with E-state index in [1.54, 1.807) is 19.9 Å². The van der Waals surface area contributed by atoms with Crippen molar-refractivity contribution in [2.45, 2.75) is 37.9 Å². The van der Waals surface area contributed by atoms with E-state index in [0.717, 1.165) is 0 Å². The summed E-state index contributed by atoms with van der Waals surface area (Å²) in [6.45, 7) is 10.7. The molecule has 1 rings (SSSR count). The van der Waals surface area contributed by atoms with Crippen molar-refractivity contribution in [3.63, 3.8) is 0 Å². The Labute approximate surface area is 83.6 Å². The maximum Gasteiger partial charge on any atom is 0.164 e. The molecule has 4 heteroatoms. The summed E-state index contributed by atoms with van der Waals surface area (Å²) in [5.41, 5.74) is 0. The summed E-state index contributed by atoms with van der Waals surface area (Å²) >= 11 is 0. The van der Waals surface area contributed by atoms with Crippen LogP contribution in [0.2, 0.25) is 0 Å². The van der Waals surface area contributed by atoms with Crippen molar-refractivity contribution in [3.05, 3.63) is 30.2 Å². The van der Waals surface area contributed by atoms with Crippen LogP contribution in [0.3, 0.4) is 0 Å². The molecule has 0 aromatic heterocycles. The summed E-state index contributed by atoms with van der Waals surface area (Å²) in [5, 5.41) is 2.93. The zero-order chi connectivity index (χ0) is 10.8. The third kappa shape index (κ3) is 2.08. The molecule has 4 nitrogen and oxygen atoms in total. The van der Waals surface area contributed by atoms with Crippen LogP contribution in [0.5, 0.6) is 0 Å². The maximum atomic E-state index is 10.5. The van der Waals surface area contributed by atoms with Crippen LogP contribution in [0.1, 0.15) is 13.8 Å². The zero-order valence-corrected chi connectivity index (χ0v) is 8.47. The molecule has 0 spiro atoms. The molecule has 1 aliphatic heterocycles. The molecule has 1 fully saturated rings. The Morgan fingerprint density at radius 1 is 1.43 bits per heavy atom. The normalized spacial score (nSPS) is 32.1. The van der Waals surface area contributed by atoms with Gasteiger partial charge in [-0.05, 0) is 13.8 Å². The van der Waals surface area contributed by atoms with Gasteiger partial charge >= 0.3 is 0 Å². The van der Waals surface area contributed by atoms with Crippen LogP contribution in [0, 0.1) is 4.91 Å². The van der Waals surface area contributed by atoms with Gasteiger partial charge in [0, 0.05) is 0 Å². The molecule has 0 saturated carbocycles. The largest absolute Gasteiger partial charge is 0.341 e. The fourth-order valence-corrected chi connectivity index (χ4v) is 1.50. The molecule has 1 heterocycles. The number of hydrogen-bond acceptors (Lipinski definition) is 4. The van der Waals surface area contributed by atoms with Gasteiger partial charge in [0.2, 0.25) is 0 Å². The Bertz CT molecular complexity index is 242. The van der Waals surface area contributed by atoms with Crippen LogP contribution in [0.15, 0.2) is 30.5 Å². The monoisotopic (exact) mass is 197 g/mol. The molecular weight excluding hydrogens is 182 g/mol. The van der Waals surface area contributed by atoms with Crippen molar-refractivity contribution >= 4 is 0 Å². The van der Waals surface area contributed by atoms with Crippen LogP contribution in [0.4, 0.5) is 0 Å². The molecule has 1 saturated heterocycles. The van der Waals surface area contributed by atoms with Gasteiger partial charge in [0.25, 0.3) is 0 Å². The predicted octanol–water partition coefficient (Wildman–Crippen LogP) is 2.01. The Balaban J connectivity index is 2.81. The van der Waals surface area contributed by atoms with E-state index in [0.29, 0.717) is 0 Å². The average molecular weight is 197 g/mol. The van der Waals surface area contributed by atoms with E-state index in [9.17, 15) is 4.91 Å². The van der Waals surface area contributed by atoms with Gasteiger partial charge in [-0.2, -0.15) is 4.91 Å². The molecule has 0 bridgehead atoms.